The Morgan fingerprint density at radius 2 is 2.16 bits per heavy atom. The number of halogens is 1. The molecule has 0 saturated heterocycles. The minimum absolute atomic E-state index is 0.321. The fourth-order valence-electron chi connectivity index (χ4n) is 3.09. The number of nitrogens with zero attached hydrogens (tertiary/aromatic N) is 1. The molecule has 1 heterocycles. The molecule has 0 bridgehead atoms. The standard InChI is InChI=1S/C19H19FN4O/c20-15-9-11(10-22-12-3-1-4-12)7-8-13(15)19-23-16-6-2-5-14(18(21)25)17(16)24-19/h2,5-9,12,22H,1,3-4,10H2,(H2,21,25)(H,23,24). The van der Waals surface area contributed by atoms with Crippen LogP contribution in [0.1, 0.15) is 35.2 Å². The van der Waals surface area contributed by atoms with Gasteiger partial charge < -0.3 is 16.0 Å². The van der Waals surface area contributed by atoms with Crippen LogP contribution in [0.5, 0.6) is 0 Å². The molecule has 128 valence electrons. The van der Waals surface area contributed by atoms with Crippen LogP contribution in [-0.4, -0.2) is 21.9 Å². The number of para-hydroxylation sites is 1. The highest BCUT2D eigenvalue weighted by Crippen LogP contribution is 2.26. The quantitative estimate of drug-likeness (QED) is 0.668. The van der Waals surface area contributed by atoms with Gasteiger partial charge in [0.15, 0.2) is 0 Å². The zero-order chi connectivity index (χ0) is 17.4. The minimum atomic E-state index is -0.554. The summed E-state index contributed by atoms with van der Waals surface area (Å²) in [6.45, 7) is 0.661. The molecule has 6 heteroatoms. The Labute approximate surface area is 144 Å². The van der Waals surface area contributed by atoms with Crippen molar-refractivity contribution in [3.63, 3.8) is 0 Å². The minimum Gasteiger partial charge on any atom is -0.366 e. The van der Waals surface area contributed by atoms with E-state index in [0.717, 1.165) is 5.56 Å². The van der Waals surface area contributed by atoms with Crippen LogP contribution in [0.2, 0.25) is 0 Å². The summed E-state index contributed by atoms with van der Waals surface area (Å²) in [6.07, 6.45) is 3.66. The van der Waals surface area contributed by atoms with E-state index in [1.54, 1.807) is 24.3 Å². The number of benzene rings is 2. The topological polar surface area (TPSA) is 83.8 Å². The summed E-state index contributed by atoms with van der Waals surface area (Å²) in [4.78, 5) is 19.0. The van der Waals surface area contributed by atoms with Gasteiger partial charge in [0, 0.05) is 12.6 Å². The Bertz CT molecular complexity index is 946. The number of nitrogens with two attached hydrogens (primary N) is 1. The first-order chi connectivity index (χ1) is 12.1. The van der Waals surface area contributed by atoms with Crippen molar-refractivity contribution in [3.8, 4) is 11.4 Å². The Morgan fingerprint density at radius 1 is 1.32 bits per heavy atom. The smallest absolute Gasteiger partial charge is 0.250 e. The zero-order valence-corrected chi connectivity index (χ0v) is 13.7. The van der Waals surface area contributed by atoms with Gasteiger partial charge in [-0.2, -0.15) is 0 Å². The Balaban J connectivity index is 1.63. The van der Waals surface area contributed by atoms with Crippen LogP contribution in [0.25, 0.3) is 22.4 Å². The van der Waals surface area contributed by atoms with Gasteiger partial charge in [0.1, 0.15) is 17.2 Å². The van der Waals surface area contributed by atoms with Crippen molar-refractivity contribution in [1.29, 1.82) is 0 Å². The van der Waals surface area contributed by atoms with E-state index >= 15 is 0 Å². The molecule has 5 nitrogen and oxygen atoms in total. The summed E-state index contributed by atoms with van der Waals surface area (Å²) >= 11 is 0. The lowest BCUT2D eigenvalue weighted by Gasteiger charge is -2.26. The second kappa shape index (κ2) is 6.29. The highest BCUT2D eigenvalue weighted by atomic mass is 19.1. The number of hydrogen-bond donors (Lipinski definition) is 3. The molecule has 0 atom stereocenters. The number of aromatic nitrogens is 2. The summed E-state index contributed by atoms with van der Waals surface area (Å²) in [5.41, 5.74) is 8.09. The van der Waals surface area contributed by atoms with E-state index in [0.29, 0.717) is 40.6 Å². The molecule has 2 aromatic carbocycles. The normalized spacial score (nSPS) is 14.6. The third kappa shape index (κ3) is 3.00. The maximum atomic E-state index is 14.6. The second-order valence-electron chi connectivity index (χ2n) is 6.47. The first-order valence-electron chi connectivity index (χ1n) is 8.42. The maximum Gasteiger partial charge on any atom is 0.250 e. The molecule has 0 aliphatic heterocycles. The molecule has 4 N–H and O–H groups in total. The van der Waals surface area contributed by atoms with Crippen LogP contribution in [0, 0.1) is 5.82 Å². The maximum absolute atomic E-state index is 14.6. The zero-order valence-electron chi connectivity index (χ0n) is 13.7. The van der Waals surface area contributed by atoms with Crippen LogP contribution in [0.4, 0.5) is 4.39 Å². The number of fused-ring (bicyclic) bond motifs is 1. The van der Waals surface area contributed by atoms with Gasteiger partial charge in [0.25, 0.3) is 5.91 Å². The Kier molecular flexibility index (Phi) is 3.97. The van der Waals surface area contributed by atoms with Gasteiger partial charge in [-0.1, -0.05) is 18.6 Å². The summed E-state index contributed by atoms with van der Waals surface area (Å²) in [6, 6.07) is 10.8. The summed E-state index contributed by atoms with van der Waals surface area (Å²) in [5, 5.41) is 3.42. The van der Waals surface area contributed by atoms with Gasteiger partial charge in [-0.3, -0.25) is 4.79 Å². The largest absolute Gasteiger partial charge is 0.366 e. The number of amides is 1. The third-order valence-corrected chi connectivity index (χ3v) is 4.77. The average Bonchev–Trinajstić information content (AvgIpc) is 2.96. The van der Waals surface area contributed by atoms with Crippen LogP contribution in [0.15, 0.2) is 36.4 Å². The molecule has 4 rings (SSSR count). The highest BCUT2D eigenvalue weighted by molar-refractivity contribution is 6.04. The van der Waals surface area contributed by atoms with Crippen molar-refractivity contribution in [1.82, 2.24) is 15.3 Å². The van der Waals surface area contributed by atoms with Gasteiger partial charge in [-0.05, 0) is 42.7 Å². The number of H-pyrrole nitrogens is 1. The lowest BCUT2D eigenvalue weighted by Crippen LogP contribution is -2.34. The first kappa shape index (κ1) is 15.8. The number of rotatable bonds is 5. The molecule has 1 aliphatic carbocycles. The van der Waals surface area contributed by atoms with Gasteiger partial charge in [-0.15, -0.1) is 0 Å². The van der Waals surface area contributed by atoms with Crippen molar-refractivity contribution in [3.05, 3.63) is 53.3 Å². The molecule has 1 amide bonds. The molecular formula is C19H19FN4O. The Morgan fingerprint density at radius 3 is 2.84 bits per heavy atom. The molecule has 0 radical (unpaired) electrons. The number of hydrogen-bond acceptors (Lipinski definition) is 3. The van der Waals surface area contributed by atoms with Crippen molar-refractivity contribution in [2.45, 2.75) is 31.8 Å². The lowest BCUT2D eigenvalue weighted by molar-refractivity contribution is 0.100. The molecule has 25 heavy (non-hydrogen) atoms. The molecule has 1 aromatic heterocycles. The van der Waals surface area contributed by atoms with E-state index in [9.17, 15) is 9.18 Å². The predicted octanol–water partition coefficient (Wildman–Crippen LogP) is 3.11. The number of nitrogens with one attached hydrogen (secondary N) is 2. The molecule has 0 spiro atoms. The predicted molar refractivity (Wildman–Crippen MR) is 94.5 cm³/mol. The highest BCUT2D eigenvalue weighted by Gasteiger charge is 2.17. The SMILES string of the molecule is NC(=O)c1cccc2[nH]c(-c3ccc(CNC4CCC4)cc3F)nc12. The van der Waals surface area contributed by atoms with Crippen LogP contribution >= 0.6 is 0 Å². The number of carbonyl (C=O) groups is 1. The third-order valence-electron chi connectivity index (χ3n) is 4.77. The van der Waals surface area contributed by atoms with Gasteiger partial charge in [0.2, 0.25) is 0 Å². The number of carbonyl (C=O) groups excluding carboxylic acids is 1. The second-order valence-corrected chi connectivity index (χ2v) is 6.47. The summed E-state index contributed by atoms with van der Waals surface area (Å²) in [5.74, 6) is -0.506. The van der Waals surface area contributed by atoms with E-state index in [4.69, 9.17) is 5.73 Å². The molecular weight excluding hydrogens is 319 g/mol. The summed E-state index contributed by atoms with van der Waals surface area (Å²) in [7, 11) is 0. The van der Waals surface area contributed by atoms with Gasteiger partial charge in [-0.25, -0.2) is 9.37 Å². The molecule has 1 fully saturated rings. The first-order valence-corrected chi connectivity index (χ1v) is 8.42. The van der Waals surface area contributed by atoms with Gasteiger partial charge in [0.05, 0.1) is 16.6 Å². The summed E-state index contributed by atoms with van der Waals surface area (Å²) < 4.78 is 14.6. The van der Waals surface area contributed by atoms with Crippen molar-refractivity contribution in [2.75, 3.05) is 0 Å². The molecule has 1 aliphatic rings. The average molecular weight is 338 g/mol. The van der Waals surface area contributed by atoms with Crippen LogP contribution < -0.4 is 11.1 Å². The Hall–Kier alpha value is -2.73. The molecule has 0 unspecified atom stereocenters. The van der Waals surface area contributed by atoms with E-state index < -0.39 is 5.91 Å². The number of imidazole rings is 1. The number of aromatic amines is 1. The van der Waals surface area contributed by atoms with E-state index in [2.05, 4.69) is 15.3 Å². The van der Waals surface area contributed by atoms with E-state index in [1.165, 1.54) is 25.3 Å². The van der Waals surface area contributed by atoms with Crippen molar-refractivity contribution in [2.24, 2.45) is 5.73 Å². The van der Waals surface area contributed by atoms with E-state index in [-0.39, 0.29) is 5.82 Å². The van der Waals surface area contributed by atoms with Crippen molar-refractivity contribution < 1.29 is 9.18 Å². The fourth-order valence-corrected chi connectivity index (χ4v) is 3.09. The van der Waals surface area contributed by atoms with Gasteiger partial charge >= 0.3 is 0 Å². The number of primary amides is 1. The lowest BCUT2D eigenvalue weighted by atomic mass is 9.93. The fraction of sp³-hybridized carbons (Fsp3) is 0.263. The molecule has 3 aromatic rings. The van der Waals surface area contributed by atoms with Crippen LogP contribution in [-0.2, 0) is 6.54 Å². The van der Waals surface area contributed by atoms with E-state index in [1.807, 2.05) is 6.07 Å². The molecule has 1 saturated carbocycles. The van der Waals surface area contributed by atoms with Crippen LogP contribution in [0.3, 0.4) is 0 Å². The van der Waals surface area contributed by atoms with Crippen molar-refractivity contribution >= 4 is 16.9 Å². The monoisotopic (exact) mass is 338 g/mol.